The van der Waals surface area contributed by atoms with E-state index in [2.05, 4.69) is 47.1 Å². The standard InChI is InChI=1S/C27H19BrO3/c1-15-6-2-3-7-18(15)24-23-20-14-17(28)12-10-16(20)11-13-22(23)31-27(30)21-9-5-4-8-19(21)26(29)25(24)27/h2-14,24-25,30H,1H3/t24-,25-,27+/m1/s1. The summed E-state index contributed by atoms with van der Waals surface area (Å²) in [4.78, 5) is 13.7. The van der Waals surface area contributed by atoms with Crippen LogP contribution in [0, 0.1) is 12.8 Å². The van der Waals surface area contributed by atoms with Crippen molar-refractivity contribution in [2.45, 2.75) is 18.6 Å². The van der Waals surface area contributed by atoms with Crippen LogP contribution in [0.4, 0.5) is 0 Å². The predicted octanol–water partition coefficient (Wildman–Crippen LogP) is 6.09. The average molecular weight is 471 g/mol. The Balaban J connectivity index is 1.73. The van der Waals surface area contributed by atoms with Gasteiger partial charge < -0.3 is 9.84 Å². The number of ketones is 1. The van der Waals surface area contributed by atoms with Gasteiger partial charge in [-0.3, -0.25) is 4.79 Å². The summed E-state index contributed by atoms with van der Waals surface area (Å²) in [6.07, 6.45) is 0. The van der Waals surface area contributed by atoms with Crippen LogP contribution in [0.1, 0.15) is 38.5 Å². The Bertz CT molecular complexity index is 1390. The summed E-state index contributed by atoms with van der Waals surface area (Å²) >= 11 is 3.60. The van der Waals surface area contributed by atoms with Crippen molar-refractivity contribution in [1.29, 1.82) is 0 Å². The molecule has 31 heavy (non-hydrogen) atoms. The highest BCUT2D eigenvalue weighted by Crippen LogP contribution is 2.58. The molecule has 4 aromatic carbocycles. The van der Waals surface area contributed by atoms with Crippen LogP contribution < -0.4 is 4.74 Å². The number of hydrogen-bond acceptors (Lipinski definition) is 3. The van der Waals surface area contributed by atoms with Gasteiger partial charge in [-0.15, -0.1) is 0 Å². The van der Waals surface area contributed by atoms with Crippen molar-refractivity contribution in [2.75, 3.05) is 0 Å². The van der Waals surface area contributed by atoms with Crippen molar-refractivity contribution in [1.82, 2.24) is 0 Å². The van der Waals surface area contributed by atoms with E-state index in [1.54, 1.807) is 12.1 Å². The fourth-order valence-electron chi connectivity index (χ4n) is 5.33. The third-order valence-corrected chi connectivity index (χ3v) is 7.19. The normalized spacial score (nSPS) is 23.8. The van der Waals surface area contributed by atoms with Crippen LogP contribution >= 0.6 is 15.9 Å². The molecule has 0 aromatic heterocycles. The first-order chi connectivity index (χ1) is 15.0. The lowest BCUT2D eigenvalue weighted by Crippen LogP contribution is -2.46. The average Bonchev–Trinajstić information content (AvgIpc) is 3.00. The first kappa shape index (κ1) is 18.8. The summed E-state index contributed by atoms with van der Waals surface area (Å²) in [7, 11) is 0. The van der Waals surface area contributed by atoms with Crippen molar-refractivity contribution in [3.63, 3.8) is 0 Å². The number of halogens is 1. The van der Waals surface area contributed by atoms with Gasteiger partial charge in [-0.1, -0.05) is 76.6 Å². The molecule has 6 rings (SSSR count). The van der Waals surface area contributed by atoms with E-state index in [0.29, 0.717) is 16.9 Å². The Hall–Kier alpha value is -2.95. The van der Waals surface area contributed by atoms with Crippen molar-refractivity contribution in [3.05, 3.63) is 111 Å². The number of Topliss-reactive ketones (excluding diaryl/α,β-unsaturated/α-hetero) is 1. The van der Waals surface area contributed by atoms with Crippen molar-refractivity contribution >= 4 is 32.5 Å². The topological polar surface area (TPSA) is 46.5 Å². The van der Waals surface area contributed by atoms with Gasteiger partial charge in [0.1, 0.15) is 11.7 Å². The molecule has 0 unspecified atom stereocenters. The summed E-state index contributed by atoms with van der Waals surface area (Å²) in [5.41, 5.74) is 4.14. The van der Waals surface area contributed by atoms with E-state index >= 15 is 0 Å². The quantitative estimate of drug-likeness (QED) is 0.365. The molecule has 1 heterocycles. The maximum absolute atomic E-state index is 13.7. The van der Waals surface area contributed by atoms with Gasteiger partial charge in [0, 0.05) is 27.1 Å². The number of carbonyl (C=O) groups is 1. The Morgan fingerprint density at radius 3 is 2.55 bits per heavy atom. The number of aryl methyl sites for hydroxylation is 1. The molecule has 0 saturated heterocycles. The summed E-state index contributed by atoms with van der Waals surface area (Å²) in [6, 6.07) is 25.4. The first-order valence-corrected chi connectivity index (χ1v) is 11.1. The van der Waals surface area contributed by atoms with E-state index in [4.69, 9.17) is 4.74 Å². The van der Waals surface area contributed by atoms with E-state index in [0.717, 1.165) is 31.9 Å². The van der Waals surface area contributed by atoms with Gasteiger partial charge >= 0.3 is 0 Å². The molecule has 152 valence electrons. The second kappa shape index (κ2) is 6.52. The molecule has 0 saturated carbocycles. The molecule has 0 radical (unpaired) electrons. The number of aliphatic hydroxyl groups is 1. The molecule has 4 heteroatoms. The Morgan fingerprint density at radius 2 is 1.71 bits per heavy atom. The molecule has 1 N–H and O–H groups in total. The van der Waals surface area contributed by atoms with Crippen LogP contribution in [0.25, 0.3) is 10.8 Å². The van der Waals surface area contributed by atoms with Gasteiger partial charge in [-0.25, -0.2) is 0 Å². The molecule has 0 fully saturated rings. The lowest BCUT2D eigenvalue weighted by Gasteiger charge is -2.42. The molecule has 4 aromatic rings. The van der Waals surface area contributed by atoms with Gasteiger partial charge in [0.05, 0.1) is 0 Å². The monoisotopic (exact) mass is 470 g/mol. The van der Waals surface area contributed by atoms with Crippen LogP contribution in [0.3, 0.4) is 0 Å². The highest BCUT2D eigenvalue weighted by molar-refractivity contribution is 9.10. The fraction of sp³-hybridized carbons (Fsp3) is 0.148. The van der Waals surface area contributed by atoms with Crippen molar-refractivity contribution < 1.29 is 14.6 Å². The smallest absolute Gasteiger partial charge is 0.246 e. The Labute approximate surface area is 188 Å². The number of benzene rings is 4. The Morgan fingerprint density at radius 1 is 0.968 bits per heavy atom. The molecule has 2 aliphatic rings. The highest BCUT2D eigenvalue weighted by atomic mass is 79.9. The largest absolute Gasteiger partial charge is 0.457 e. The van der Waals surface area contributed by atoms with Crippen LogP contribution in [0.5, 0.6) is 5.75 Å². The number of rotatable bonds is 1. The van der Waals surface area contributed by atoms with Crippen LogP contribution in [0.2, 0.25) is 0 Å². The number of fused-ring (bicyclic) bond motifs is 6. The van der Waals surface area contributed by atoms with Gasteiger partial charge in [0.15, 0.2) is 5.78 Å². The summed E-state index contributed by atoms with van der Waals surface area (Å²) in [5.74, 6) is -2.27. The summed E-state index contributed by atoms with van der Waals surface area (Å²) < 4.78 is 7.26. The number of carbonyl (C=O) groups excluding carboxylic acids is 1. The van der Waals surface area contributed by atoms with Gasteiger partial charge in [0.2, 0.25) is 5.79 Å². The third kappa shape index (κ3) is 2.52. The van der Waals surface area contributed by atoms with Crippen LogP contribution in [0.15, 0.2) is 83.3 Å². The van der Waals surface area contributed by atoms with Crippen molar-refractivity contribution in [3.8, 4) is 5.75 Å². The second-order valence-electron chi connectivity index (χ2n) is 8.36. The molecule has 0 bridgehead atoms. The fourth-order valence-corrected chi connectivity index (χ4v) is 5.69. The summed E-state index contributed by atoms with van der Waals surface area (Å²) in [5, 5.41) is 14.0. The molecule has 3 atom stereocenters. The second-order valence-corrected chi connectivity index (χ2v) is 9.28. The van der Waals surface area contributed by atoms with E-state index in [9.17, 15) is 9.90 Å². The molecule has 0 amide bonds. The van der Waals surface area contributed by atoms with Crippen LogP contribution in [-0.4, -0.2) is 10.9 Å². The Kier molecular flexibility index (Phi) is 3.95. The predicted molar refractivity (Wildman–Crippen MR) is 123 cm³/mol. The molecular weight excluding hydrogens is 452 g/mol. The molecule has 1 aliphatic heterocycles. The zero-order valence-electron chi connectivity index (χ0n) is 16.8. The minimum absolute atomic E-state index is 0.0796. The van der Waals surface area contributed by atoms with Gasteiger partial charge in [-0.05, 0) is 47.0 Å². The summed E-state index contributed by atoms with van der Waals surface area (Å²) in [6.45, 7) is 2.05. The zero-order valence-corrected chi connectivity index (χ0v) is 18.4. The minimum atomic E-state index is -1.70. The van der Waals surface area contributed by atoms with E-state index in [1.807, 2.05) is 42.5 Å². The molecule has 3 nitrogen and oxygen atoms in total. The van der Waals surface area contributed by atoms with Gasteiger partial charge in [0.25, 0.3) is 0 Å². The SMILES string of the molecule is Cc1ccccc1[C@@H]1c2c(ccc3ccc(Br)cc23)O[C@@]2(O)c3ccccc3C(=O)[C@@H]12. The molecular formula is C27H19BrO3. The van der Waals surface area contributed by atoms with Crippen molar-refractivity contribution in [2.24, 2.45) is 5.92 Å². The highest BCUT2D eigenvalue weighted by Gasteiger charge is 2.60. The first-order valence-electron chi connectivity index (χ1n) is 10.3. The minimum Gasteiger partial charge on any atom is -0.457 e. The van der Waals surface area contributed by atoms with Crippen LogP contribution in [-0.2, 0) is 5.79 Å². The van der Waals surface area contributed by atoms with E-state index in [-0.39, 0.29) is 11.7 Å². The number of ether oxygens (including phenoxy) is 1. The third-order valence-electron chi connectivity index (χ3n) is 6.70. The lowest BCUT2D eigenvalue weighted by atomic mass is 9.71. The maximum Gasteiger partial charge on any atom is 0.246 e. The molecule has 1 aliphatic carbocycles. The zero-order chi connectivity index (χ0) is 21.3. The van der Waals surface area contributed by atoms with E-state index < -0.39 is 11.7 Å². The molecule has 0 spiro atoms. The van der Waals surface area contributed by atoms with E-state index in [1.165, 1.54) is 0 Å². The number of hydrogen-bond donors (Lipinski definition) is 1. The van der Waals surface area contributed by atoms with Gasteiger partial charge in [-0.2, -0.15) is 0 Å². The maximum atomic E-state index is 13.7. The lowest BCUT2D eigenvalue weighted by molar-refractivity contribution is -0.181.